The molecule has 4 rings (SSSR count). The summed E-state index contributed by atoms with van der Waals surface area (Å²) >= 11 is 0. The first-order valence-electron chi connectivity index (χ1n) is 10.9. The molecule has 1 aliphatic heterocycles. The van der Waals surface area contributed by atoms with Gasteiger partial charge in [-0.05, 0) is 45.1 Å². The van der Waals surface area contributed by atoms with E-state index in [1.165, 1.54) is 21.1 Å². The molecule has 2 aromatic rings. The number of piperidine rings is 1. The van der Waals surface area contributed by atoms with Gasteiger partial charge in [0, 0.05) is 42.7 Å². The van der Waals surface area contributed by atoms with Crippen LogP contribution in [0.25, 0.3) is 11.0 Å². The first-order chi connectivity index (χ1) is 15.5. The van der Waals surface area contributed by atoms with Gasteiger partial charge in [0.25, 0.3) is 15.8 Å². The predicted octanol–water partition coefficient (Wildman–Crippen LogP) is 1.15. The summed E-state index contributed by atoms with van der Waals surface area (Å²) < 4.78 is 51.7. The summed E-state index contributed by atoms with van der Waals surface area (Å²) in [5.41, 5.74) is -1.52. The van der Waals surface area contributed by atoms with Crippen LogP contribution in [0.4, 0.5) is 14.7 Å². The van der Waals surface area contributed by atoms with Crippen LogP contribution in [-0.2, 0) is 16.6 Å². The molecule has 4 N–H and O–H groups in total. The van der Waals surface area contributed by atoms with E-state index >= 15 is 0 Å². The van der Waals surface area contributed by atoms with Crippen molar-refractivity contribution in [2.45, 2.75) is 69.6 Å². The van der Waals surface area contributed by atoms with Crippen molar-refractivity contribution in [1.29, 1.82) is 0 Å². The Morgan fingerprint density at radius 2 is 2.03 bits per heavy atom. The Morgan fingerprint density at radius 3 is 2.61 bits per heavy atom. The Bertz CT molecular complexity index is 1190. The fourth-order valence-electron chi connectivity index (χ4n) is 4.82. The number of rotatable bonds is 6. The minimum absolute atomic E-state index is 0.0418. The molecule has 2 fully saturated rings. The fourth-order valence-corrected chi connectivity index (χ4v) is 5.54. The third-order valence-corrected chi connectivity index (χ3v) is 7.64. The zero-order chi connectivity index (χ0) is 24.0. The molecular formula is C20H28F2N6O4S. The highest BCUT2D eigenvalue weighted by molar-refractivity contribution is 7.86. The van der Waals surface area contributed by atoms with Crippen molar-refractivity contribution in [3.8, 4) is 0 Å². The Morgan fingerprint density at radius 1 is 1.33 bits per heavy atom. The zero-order valence-corrected chi connectivity index (χ0v) is 19.1. The van der Waals surface area contributed by atoms with Gasteiger partial charge in [-0.2, -0.15) is 17.7 Å². The van der Waals surface area contributed by atoms with E-state index in [1.54, 1.807) is 6.92 Å². The second-order valence-corrected chi connectivity index (χ2v) is 10.6. The summed E-state index contributed by atoms with van der Waals surface area (Å²) in [5.74, 6) is 0.240. The minimum atomic E-state index is -3.74. The van der Waals surface area contributed by atoms with E-state index in [0.29, 0.717) is 37.5 Å². The van der Waals surface area contributed by atoms with E-state index in [1.807, 2.05) is 0 Å². The third-order valence-electron chi connectivity index (χ3n) is 6.56. The maximum absolute atomic E-state index is 13.2. The highest BCUT2D eigenvalue weighted by atomic mass is 32.2. The molecule has 2 aromatic heterocycles. The van der Waals surface area contributed by atoms with Gasteiger partial charge < -0.3 is 10.4 Å². The molecule has 3 heterocycles. The van der Waals surface area contributed by atoms with Gasteiger partial charge in [0.15, 0.2) is 0 Å². The lowest BCUT2D eigenvalue weighted by molar-refractivity contribution is 0.0265. The van der Waals surface area contributed by atoms with Gasteiger partial charge >= 0.3 is 0 Å². The summed E-state index contributed by atoms with van der Waals surface area (Å²) in [6, 6.07) is 0.692. The van der Waals surface area contributed by atoms with Crippen molar-refractivity contribution in [3.05, 3.63) is 28.2 Å². The van der Waals surface area contributed by atoms with Gasteiger partial charge in [0.2, 0.25) is 12.4 Å². The molecule has 1 saturated heterocycles. The molecule has 0 amide bonds. The SMILES string of the molecule is C[C@]1(O)CCC[C@@H]1n1c(=O)c(CC(F)F)cc2cnc(NC3CCN(S(N)(=O)=O)CC3)nc21. The van der Waals surface area contributed by atoms with Crippen LogP contribution in [0.1, 0.15) is 50.6 Å². The van der Waals surface area contributed by atoms with E-state index in [0.717, 1.165) is 0 Å². The third kappa shape index (κ3) is 5.00. The molecule has 0 aromatic carbocycles. The number of nitrogens with zero attached hydrogens (tertiary/aromatic N) is 4. The average molecular weight is 487 g/mol. The number of nitrogens with two attached hydrogens (primary N) is 1. The molecule has 1 aliphatic carbocycles. The van der Waals surface area contributed by atoms with Crippen LogP contribution in [0.2, 0.25) is 0 Å². The molecular weight excluding hydrogens is 458 g/mol. The Balaban J connectivity index is 1.69. The minimum Gasteiger partial charge on any atom is -0.388 e. The van der Waals surface area contributed by atoms with Crippen LogP contribution in [0.5, 0.6) is 0 Å². The van der Waals surface area contributed by atoms with Crippen LogP contribution in [0.15, 0.2) is 17.1 Å². The molecule has 1 saturated carbocycles. The van der Waals surface area contributed by atoms with E-state index in [-0.39, 0.29) is 36.3 Å². The molecule has 13 heteroatoms. The molecule has 10 nitrogen and oxygen atoms in total. The van der Waals surface area contributed by atoms with Gasteiger partial charge in [0.05, 0.1) is 11.6 Å². The van der Waals surface area contributed by atoms with Crippen molar-refractivity contribution >= 4 is 27.2 Å². The van der Waals surface area contributed by atoms with Crippen LogP contribution in [-0.4, -0.2) is 63.5 Å². The topological polar surface area (TPSA) is 143 Å². The van der Waals surface area contributed by atoms with Crippen LogP contribution in [0.3, 0.4) is 0 Å². The lowest BCUT2D eigenvalue weighted by Gasteiger charge is -2.30. The van der Waals surface area contributed by atoms with E-state index in [4.69, 9.17) is 5.14 Å². The van der Waals surface area contributed by atoms with Gasteiger partial charge in [0.1, 0.15) is 5.65 Å². The summed E-state index contributed by atoms with van der Waals surface area (Å²) in [7, 11) is -3.74. The molecule has 33 heavy (non-hydrogen) atoms. The lowest BCUT2D eigenvalue weighted by atomic mass is 9.99. The molecule has 0 spiro atoms. The summed E-state index contributed by atoms with van der Waals surface area (Å²) in [4.78, 5) is 22.0. The zero-order valence-electron chi connectivity index (χ0n) is 18.2. The largest absolute Gasteiger partial charge is 0.388 e. The number of hydrogen-bond acceptors (Lipinski definition) is 7. The number of halogens is 2. The molecule has 0 unspecified atom stereocenters. The number of aliphatic hydroxyl groups is 1. The second-order valence-electron chi connectivity index (χ2n) is 9.04. The summed E-state index contributed by atoms with van der Waals surface area (Å²) in [6.45, 7) is 2.16. The molecule has 2 aliphatic rings. The van der Waals surface area contributed by atoms with Crippen molar-refractivity contribution in [3.63, 3.8) is 0 Å². The normalized spacial score (nSPS) is 25.2. The van der Waals surface area contributed by atoms with Crippen molar-refractivity contribution in [2.24, 2.45) is 5.14 Å². The van der Waals surface area contributed by atoms with Gasteiger partial charge in [-0.25, -0.2) is 18.9 Å². The molecule has 0 bridgehead atoms. The van der Waals surface area contributed by atoms with Crippen LogP contribution < -0.4 is 16.0 Å². The maximum atomic E-state index is 13.2. The number of pyridine rings is 1. The van der Waals surface area contributed by atoms with Crippen LogP contribution in [0, 0.1) is 0 Å². The number of nitrogens with one attached hydrogen (secondary N) is 1. The van der Waals surface area contributed by atoms with E-state index in [9.17, 15) is 27.1 Å². The standard InChI is InChI=1S/C20H28F2N6O4S/c1-20(30)6-2-3-15(20)28-17-13(9-12(18(28)29)10-16(21)22)11-24-19(26-17)25-14-4-7-27(8-5-14)33(23,31)32/h9,11,14-16,30H,2-8,10H2,1H3,(H2,23,31,32)(H,24,25,26)/t15-,20-/m0/s1. The van der Waals surface area contributed by atoms with Gasteiger partial charge in [-0.15, -0.1) is 0 Å². The van der Waals surface area contributed by atoms with Gasteiger partial charge in [-0.1, -0.05) is 0 Å². The lowest BCUT2D eigenvalue weighted by Crippen LogP contribution is -2.45. The van der Waals surface area contributed by atoms with Gasteiger partial charge in [-0.3, -0.25) is 9.36 Å². The fraction of sp³-hybridized carbons (Fsp3) is 0.650. The van der Waals surface area contributed by atoms with Crippen molar-refractivity contribution < 1.29 is 22.3 Å². The van der Waals surface area contributed by atoms with E-state index in [2.05, 4.69) is 15.3 Å². The molecule has 0 radical (unpaired) electrons. The first kappa shape index (κ1) is 23.9. The first-order valence-corrected chi connectivity index (χ1v) is 12.4. The smallest absolute Gasteiger partial charge is 0.276 e. The highest BCUT2D eigenvalue weighted by Gasteiger charge is 2.40. The Kier molecular flexibility index (Phi) is 6.42. The second kappa shape index (κ2) is 8.85. The number of fused-ring (bicyclic) bond motifs is 1. The van der Waals surface area contributed by atoms with Crippen molar-refractivity contribution in [2.75, 3.05) is 18.4 Å². The summed E-state index contributed by atoms with van der Waals surface area (Å²) in [5, 5.41) is 19.6. The maximum Gasteiger partial charge on any atom is 0.276 e. The Labute approximate surface area is 190 Å². The number of anilines is 1. The number of hydrogen-bond donors (Lipinski definition) is 3. The van der Waals surface area contributed by atoms with Crippen molar-refractivity contribution in [1.82, 2.24) is 18.8 Å². The Hall–Kier alpha value is -2.22. The van der Waals surface area contributed by atoms with Crippen LogP contribution >= 0.6 is 0 Å². The monoisotopic (exact) mass is 486 g/mol. The van der Waals surface area contributed by atoms with E-state index < -0.39 is 40.3 Å². The quantitative estimate of drug-likeness (QED) is 0.556. The highest BCUT2D eigenvalue weighted by Crippen LogP contribution is 2.39. The molecule has 2 atom stereocenters. The number of alkyl halides is 2. The summed E-state index contributed by atoms with van der Waals surface area (Å²) in [6.07, 6.45) is 0.805. The predicted molar refractivity (Wildman–Crippen MR) is 118 cm³/mol. The molecule has 182 valence electrons. The number of aromatic nitrogens is 3. The average Bonchev–Trinajstić information content (AvgIpc) is 3.07.